The summed E-state index contributed by atoms with van der Waals surface area (Å²) in [5.41, 5.74) is 2.11. The number of nitrogens with zero attached hydrogens (tertiary/aromatic N) is 3. The molecule has 0 atom stereocenters. The van der Waals surface area contributed by atoms with Gasteiger partial charge in [0.15, 0.2) is 0 Å². The summed E-state index contributed by atoms with van der Waals surface area (Å²) in [4.78, 5) is 22.0. The number of carbonyl (C=O) groups is 1. The third-order valence-electron chi connectivity index (χ3n) is 4.20. The molecule has 1 aromatic carbocycles. The van der Waals surface area contributed by atoms with Crippen LogP contribution in [0.5, 0.6) is 0 Å². The van der Waals surface area contributed by atoms with Crippen LogP contribution in [0.1, 0.15) is 18.4 Å². The molecule has 1 aliphatic heterocycles. The standard InChI is InChI=1S/C17H20N4O2/c1-12-4-2-3-5-14(12)19-17-18-9-6-15(20-17)21-10-7-13(8-11-21)16(22)23/h2-6,9,13H,7-8,10-11H2,1H3,(H,22,23)(H,18,19,20). The second kappa shape index (κ2) is 6.64. The number of carboxylic acids is 1. The lowest BCUT2D eigenvalue weighted by atomic mass is 9.97. The van der Waals surface area contributed by atoms with Gasteiger partial charge in [-0.3, -0.25) is 4.79 Å². The van der Waals surface area contributed by atoms with Crippen LogP contribution in [0.2, 0.25) is 0 Å². The minimum Gasteiger partial charge on any atom is -0.481 e. The van der Waals surface area contributed by atoms with E-state index in [2.05, 4.69) is 20.2 Å². The SMILES string of the molecule is Cc1ccccc1Nc1nccc(N2CCC(C(=O)O)CC2)n1. The fourth-order valence-electron chi connectivity index (χ4n) is 2.77. The molecule has 23 heavy (non-hydrogen) atoms. The van der Waals surface area contributed by atoms with Crippen LogP contribution < -0.4 is 10.2 Å². The fourth-order valence-corrected chi connectivity index (χ4v) is 2.77. The van der Waals surface area contributed by atoms with Gasteiger partial charge in [0.05, 0.1) is 5.92 Å². The topological polar surface area (TPSA) is 78.4 Å². The molecule has 0 spiro atoms. The molecular weight excluding hydrogens is 292 g/mol. The van der Waals surface area contributed by atoms with Crippen LogP contribution in [0, 0.1) is 12.8 Å². The van der Waals surface area contributed by atoms with E-state index in [1.165, 1.54) is 0 Å². The Morgan fingerprint density at radius 3 is 2.70 bits per heavy atom. The minimum atomic E-state index is -0.700. The number of piperidine rings is 1. The number of carboxylic acid groups (broad SMARTS) is 1. The third-order valence-corrected chi connectivity index (χ3v) is 4.20. The van der Waals surface area contributed by atoms with Crippen molar-refractivity contribution in [3.63, 3.8) is 0 Å². The second-order valence-corrected chi connectivity index (χ2v) is 5.78. The van der Waals surface area contributed by atoms with Gasteiger partial charge < -0.3 is 15.3 Å². The molecule has 1 aliphatic rings. The smallest absolute Gasteiger partial charge is 0.306 e. The molecule has 0 aliphatic carbocycles. The van der Waals surface area contributed by atoms with E-state index in [1.807, 2.05) is 37.3 Å². The first kappa shape index (κ1) is 15.3. The Kier molecular flexibility index (Phi) is 4.41. The van der Waals surface area contributed by atoms with Crippen molar-refractivity contribution in [2.24, 2.45) is 5.92 Å². The molecule has 0 amide bonds. The number of benzene rings is 1. The van der Waals surface area contributed by atoms with Crippen molar-refractivity contribution in [2.45, 2.75) is 19.8 Å². The Balaban J connectivity index is 1.71. The highest BCUT2D eigenvalue weighted by molar-refractivity contribution is 5.70. The lowest BCUT2D eigenvalue weighted by molar-refractivity contribution is -0.142. The molecule has 6 heteroatoms. The number of aryl methyl sites for hydroxylation is 1. The number of para-hydroxylation sites is 1. The summed E-state index contributed by atoms with van der Waals surface area (Å²) in [6.07, 6.45) is 3.03. The van der Waals surface area contributed by atoms with Crippen molar-refractivity contribution >= 4 is 23.4 Å². The Morgan fingerprint density at radius 2 is 2.00 bits per heavy atom. The normalized spacial score (nSPS) is 15.4. The number of rotatable bonds is 4. The number of aliphatic carboxylic acids is 1. The number of hydrogen-bond donors (Lipinski definition) is 2. The van der Waals surface area contributed by atoms with Gasteiger partial charge in [-0.25, -0.2) is 4.98 Å². The molecule has 2 heterocycles. The number of anilines is 3. The summed E-state index contributed by atoms with van der Waals surface area (Å²) in [6.45, 7) is 3.44. The van der Waals surface area contributed by atoms with Crippen LogP contribution in [-0.2, 0) is 4.79 Å². The van der Waals surface area contributed by atoms with E-state index in [-0.39, 0.29) is 5.92 Å². The Bertz CT molecular complexity index is 696. The van der Waals surface area contributed by atoms with E-state index in [0.29, 0.717) is 31.9 Å². The van der Waals surface area contributed by atoms with Crippen molar-refractivity contribution in [1.82, 2.24) is 9.97 Å². The maximum Gasteiger partial charge on any atom is 0.306 e. The highest BCUT2D eigenvalue weighted by Crippen LogP contribution is 2.23. The number of aromatic nitrogens is 2. The predicted octanol–water partition coefficient (Wildman–Crippen LogP) is 2.83. The van der Waals surface area contributed by atoms with Gasteiger partial charge in [0, 0.05) is 25.0 Å². The summed E-state index contributed by atoms with van der Waals surface area (Å²) in [7, 11) is 0. The molecule has 2 aromatic rings. The molecule has 6 nitrogen and oxygen atoms in total. The Labute approximate surface area is 135 Å². The first-order valence-corrected chi connectivity index (χ1v) is 7.77. The summed E-state index contributed by atoms with van der Waals surface area (Å²) >= 11 is 0. The quantitative estimate of drug-likeness (QED) is 0.904. The fraction of sp³-hybridized carbons (Fsp3) is 0.353. The first-order valence-electron chi connectivity index (χ1n) is 7.77. The lowest BCUT2D eigenvalue weighted by Gasteiger charge is -2.31. The van der Waals surface area contributed by atoms with Gasteiger partial charge in [0.2, 0.25) is 5.95 Å². The van der Waals surface area contributed by atoms with Gasteiger partial charge in [0.25, 0.3) is 0 Å². The first-order chi connectivity index (χ1) is 11.1. The van der Waals surface area contributed by atoms with Gasteiger partial charge in [-0.1, -0.05) is 18.2 Å². The van der Waals surface area contributed by atoms with E-state index < -0.39 is 5.97 Å². The van der Waals surface area contributed by atoms with Gasteiger partial charge in [0.1, 0.15) is 5.82 Å². The van der Waals surface area contributed by atoms with Gasteiger partial charge in [-0.15, -0.1) is 0 Å². The van der Waals surface area contributed by atoms with Gasteiger partial charge >= 0.3 is 5.97 Å². The number of nitrogens with one attached hydrogen (secondary N) is 1. The molecule has 0 saturated carbocycles. The molecule has 0 bridgehead atoms. The number of hydrogen-bond acceptors (Lipinski definition) is 5. The van der Waals surface area contributed by atoms with Crippen LogP contribution in [0.4, 0.5) is 17.5 Å². The van der Waals surface area contributed by atoms with E-state index >= 15 is 0 Å². The molecule has 0 unspecified atom stereocenters. The highest BCUT2D eigenvalue weighted by Gasteiger charge is 2.25. The minimum absolute atomic E-state index is 0.238. The third kappa shape index (κ3) is 3.59. The van der Waals surface area contributed by atoms with Crippen molar-refractivity contribution < 1.29 is 9.90 Å². The molecule has 1 aromatic heterocycles. The molecule has 3 rings (SSSR count). The van der Waals surface area contributed by atoms with Crippen molar-refractivity contribution in [3.05, 3.63) is 42.1 Å². The van der Waals surface area contributed by atoms with Crippen molar-refractivity contribution in [1.29, 1.82) is 0 Å². The zero-order chi connectivity index (χ0) is 16.2. The molecule has 1 fully saturated rings. The van der Waals surface area contributed by atoms with Crippen LogP contribution in [0.3, 0.4) is 0 Å². The lowest BCUT2D eigenvalue weighted by Crippen LogP contribution is -2.36. The van der Waals surface area contributed by atoms with E-state index in [4.69, 9.17) is 5.11 Å². The van der Waals surface area contributed by atoms with Crippen LogP contribution in [0.15, 0.2) is 36.5 Å². The predicted molar refractivity (Wildman–Crippen MR) is 89.1 cm³/mol. The summed E-state index contributed by atoms with van der Waals surface area (Å²) in [5, 5.41) is 12.3. The summed E-state index contributed by atoms with van der Waals surface area (Å²) in [6, 6.07) is 9.84. The molecule has 1 saturated heterocycles. The molecule has 2 N–H and O–H groups in total. The summed E-state index contributed by atoms with van der Waals surface area (Å²) in [5.74, 6) is 0.448. The van der Waals surface area contributed by atoms with Crippen LogP contribution in [-0.4, -0.2) is 34.1 Å². The molecule has 0 radical (unpaired) electrons. The maximum atomic E-state index is 11.0. The highest BCUT2D eigenvalue weighted by atomic mass is 16.4. The zero-order valence-corrected chi connectivity index (χ0v) is 13.1. The average molecular weight is 312 g/mol. The van der Waals surface area contributed by atoms with Crippen LogP contribution in [0.25, 0.3) is 0 Å². The average Bonchev–Trinajstić information content (AvgIpc) is 2.57. The van der Waals surface area contributed by atoms with Crippen LogP contribution >= 0.6 is 0 Å². The van der Waals surface area contributed by atoms with Gasteiger partial charge in [-0.2, -0.15) is 4.98 Å². The monoisotopic (exact) mass is 312 g/mol. The second-order valence-electron chi connectivity index (χ2n) is 5.78. The van der Waals surface area contributed by atoms with E-state index in [1.54, 1.807) is 6.20 Å². The van der Waals surface area contributed by atoms with E-state index in [0.717, 1.165) is 17.1 Å². The molecular formula is C17H20N4O2. The Morgan fingerprint density at radius 1 is 1.26 bits per heavy atom. The van der Waals surface area contributed by atoms with Crippen molar-refractivity contribution in [3.8, 4) is 0 Å². The summed E-state index contributed by atoms with van der Waals surface area (Å²) < 4.78 is 0. The van der Waals surface area contributed by atoms with Crippen molar-refractivity contribution in [2.75, 3.05) is 23.3 Å². The maximum absolute atomic E-state index is 11.0. The zero-order valence-electron chi connectivity index (χ0n) is 13.1. The molecule has 120 valence electrons. The Hall–Kier alpha value is -2.63. The van der Waals surface area contributed by atoms with E-state index in [9.17, 15) is 4.79 Å². The largest absolute Gasteiger partial charge is 0.481 e. The van der Waals surface area contributed by atoms with Gasteiger partial charge in [-0.05, 0) is 37.5 Å².